The lowest BCUT2D eigenvalue weighted by Gasteiger charge is -2.11. The number of aryl methyl sites for hydroxylation is 1. The van der Waals surface area contributed by atoms with E-state index in [1.165, 1.54) is 5.56 Å². The maximum absolute atomic E-state index is 12.1. The Morgan fingerprint density at radius 3 is 2.62 bits per heavy atom. The number of carbonyl (C=O) groups excluding carboxylic acids is 1. The fourth-order valence-electron chi connectivity index (χ4n) is 2.12. The standard InChI is InChI=1S/C18H18Br2ClNO2/c1-2-3-4-12-5-7-16(14(19)9-12)22-18(23)11-24-17-8-6-13(21)10-15(17)20/h5-10H,2-4,11H2,1H3,(H,22,23). The summed E-state index contributed by atoms with van der Waals surface area (Å²) in [6.45, 7) is 2.09. The predicted molar refractivity (Wildman–Crippen MR) is 106 cm³/mol. The quantitative estimate of drug-likeness (QED) is 0.516. The van der Waals surface area contributed by atoms with Crippen LogP contribution in [0.3, 0.4) is 0 Å². The third kappa shape index (κ3) is 5.80. The van der Waals surface area contributed by atoms with Crippen LogP contribution in [-0.2, 0) is 11.2 Å². The smallest absolute Gasteiger partial charge is 0.262 e. The zero-order valence-electron chi connectivity index (χ0n) is 13.2. The van der Waals surface area contributed by atoms with Crippen LogP contribution in [0.2, 0.25) is 5.02 Å². The summed E-state index contributed by atoms with van der Waals surface area (Å²) in [5.41, 5.74) is 1.99. The number of halogens is 3. The molecule has 0 aliphatic rings. The first-order chi connectivity index (χ1) is 11.5. The molecule has 2 aromatic carbocycles. The van der Waals surface area contributed by atoms with Crippen LogP contribution in [0.4, 0.5) is 5.69 Å². The van der Waals surface area contributed by atoms with Gasteiger partial charge in [0.15, 0.2) is 6.61 Å². The molecule has 3 nitrogen and oxygen atoms in total. The van der Waals surface area contributed by atoms with Gasteiger partial charge < -0.3 is 10.1 Å². The highest BCUT2D eigenvalue weighted by Crippen LogP contribution is 2.28. The molecule has 0 unspecified atom stereocenters. The van der Waals surface area contributed by atoms with E-state index in [2.05, 4.69) is 44.1 Å². The fraction of sp³-hybridized carbons (Fsp3) is 0.278. The summed E-state index contributed by atoms with van der Waals surface area (Å²) in [6.07, 6.45) is 3.35. The van der Waals surface area contributed by atoms with Crippen molar-refractivity contribution in [1.29, 1.82) is 0 Å². The second kappa shape index (κ2) is 9.44. The number of anilines is 1. The largest absolute Gasteiger partial charge is 0.483 e. The molecule has 0 aromatic heterocycles. The maximum atomic E-state index is 12.1. The van der Waals surface area contributed by atoms with Crippen LogP contribution in [-0.4, -0.2) is 12.5 Å². The van der Waals surface area contributed by atoms with Crippen molar-refractivity contribution in [2.75, 3.05) is 11.9 Å². The van der Waals surface area contributed by atoms with Crippen molar-refractivity contribution >= 4 is 55.1 Å². The molecule has 2 aromatic rings. The van der Waals surface area contributed by atoms with Gasteiger partial charge in [-0.1, -0.05) is 31.0 Å². The Kier molecular flexibility index (Phi) is 7.59. The molecule has 0 spiro atoms. The van der Waals surface area contributed by atoms with Crippen molar-refractivity contribution in [2.45, 2.75) is 26.2 Å². The molecule has 1 N–H and O–H groups in total. The fourth-order valence-corrected chi connectivity index (χ4v) is 3.44. The summed E-state index contributed by atoms with van der Waals surface area (Å²) in [5, 5.41) is 3.44. The Labute approximate surface area is 164 Å². The van der Waals surface area contributed by atoms with E-state index >= 15 is 0 Å². The van der Waals surface area contributed by atoms with E-state index in [1.807, 2.05) is 18.2 Å². The Morgan fingerprint density at radius 1 is 1.17 bits per heavy atom. The van der Waals surface area contributed by atoms with Gasteiger partial charge in [-0.05, 0) is 80.6 Å². The maximum Gasteiger partial charge on any atom is 0.262 e. The number of ether oxygens (including phenoxy) is 1. The van der Waals surface area contributed by atoms with Gasteiger partial charge in [-0.25, -0.2) is 0 Å². The van der Waals surface area contributed by atoms with Crippen molar-refractivity contribution in [3.05, 3.63) is 55.9 Å². The number of rotatable bonds is 7. The van der Waals surface area contributed by atoms with Crippen molar-refractivity contribution < 1.29 is 9.53 Å². The molecule has 0 radical (unpaired) electrons. The highest BCUT2D eigenvalue weighted by Gasteiger charge is 2.09. The lowest BCUT2D eigenvalue weighted by Crippen LogP contribution is -2.20. The van der Waals surface area contributed by atoms with Gasteiger partial charge in [-0.3, -0.25) is 4.79 Å². The molecule has 0 aliphatic carbocycles. The summed E-state index contributed by atoms with van der Waals surface area (Å²) in [7, 11) is 0. The second-order valence-corrected chi connectivity index (χ2v) is 7.47. The first-order valence-corrected chi connectivity index (χ1v) is 9.62. The molecule has 0 atom stereocenters. The van der Waals surface area contributed by atoms with Gasteiger partial charge in [0.05, 0.1) is 10.2 Å². The Morgan fingerprint density at radius 2 is 1.96 bits per heavy atom. The van der Waals surface area contributed by atoms with E-state index in [0.717, 1.165) is 29.4 Å². The van der Waals surface area contributed by atoms with Crippen LogP contribution in [0.5, 0.6) is 5.75 Å². The average molecular weight is 476 g/mol. The lowest BCUT2D eigenvalue weighted by atomic mass is 10.1. The van der Waals surface area contributed by atoms with Crippen LogP contribution in [0.15, 0.2) is 45.3 Å². The van der Waals surface area contributed by atoms with Crippen LogP contribution in [0.1, 0.15) is 25.3 Å². The summed E-state index contributed by atoms with van der Waals surface area (Å²) < 4.78 is 7.09. The van der Waals surface area contributed by atoms with Crippen molar-refractivity contribution in [1.82, 2.24) is 0 Å². The SMILES string of the molecule is CCCCc1ccc(NC(=O)COc2ccc(Cl)cc2Br)c(Br)c1. The molecule has 0 fully saturated rings. The number of benzene rings is 2. The van der Waals surface area contributed by atoms with Gasteiger partial charge in [-0.2, -0.15) is 0 Å². The molecule has 0 aliphatic heterocycles. The molecule has 24 heavy (non-hydrogen) atoms. The van der Waals surface area contributed by atoms with E-state index in [-0.39, 0.29) is 12.5 Å². The molecule has 128 valence electrons. The molecular formula is C18H18Br2ClNO2. The van der Waals surface area contributed by atoms with E-state index in [9.17, 15) is 4.79 Å². The molecule has 0 bridgehead atoms. The van der Waals surface area contributed by atoms with E-state index in [0.29, 0.717) is 15.2 Å². The van der Waals surface area contributed by atoms with Gasteiger partial charge >= 0.3 is 0 Å². The van der Waals surface area contributed by atoms with Crippen LogP contribution >= 0.6 is 43.5 Å². The molecule has 0 saturated carbocycles. The summed E-state index contributed by atoms with van der Waals surface area (Å²) in [5.74, 6) is 0.349. The third-order valence-corrected chi connectivity index (χ3v) is 4.89. The van der Waals surface area contributed by atoms with Gasteiger partial charge in [-0.15, -0.1) is 0 Å². The number of unbranched alkanes of at least 4 members (excludes halogenated alkanes) is 1. The topological polar surface area (TPSA) is 38.3 Å². The van der Waals surface area contributed by atoms with E-state index in [4.69, 9.17) is 16.3 Å². The zero-order valence-corrected chi connectivity index (χ0v) is 17.2. The Balaban J connectivity index is 1.92. The lowest BCUT2D eigenvalue weighted by molar-refractivity contribution is -0.118. The zero-order chi connectivity index (χ0) is 17.5. The van der Waals surface area contributed by atoms with E-state index < -0.39 is 0 Å². The number of hydrogen-bond acceptors (Lipinski definition) is 2. The minimum Gasteiger partial charge on any atom is -0.483 e. The average Bonchev–Trinajstić information content (AvgIpc) is 2.54. The number of hydrogen-bond donors (Lipinski definition) is 1. The molecule has 2 rings (SSSR count). The van der Waals surface area contributed by atoms with Crippen molar-refractivity contribution in [2.24, 2.45) is 0 Å². The van der Waals surface area contributed by atoms with Crippen LogP contribution in [0, 0.1) is 0 Å². The van der Waals surface area contributed by atoms with Crippen molar-refractivity contribution in [3.8, 4) is 5.75 Å². The van der Waals surface area contributed by atoms with Crippen LogP contribution in [0.25, 0.3) is 0 Å². The van der Waals surface area contributed by atoms with Crippen LogP contribution < -0.4 is 10.1 Å². The van der Waals surface area contributed by atoms with E-state index in [1.54, 1.807) is 18.2 Å². The molecular weight excluding hydrogens is 457 g/mol. The predicted octanol–water partition coefficient (Wildman–Crippen LogP) is 6.23. The number of amides is 1. The minimum absolute atomic E-state index is 0.0791. The van der Waals surface area contributed by atoms with Gasteiger partial charge in [0.25, 0.3) is 5.91 Å². The first-order valence-electron chi connectivity index (χ1n) is 7.65. The van der Waals surface area contributed by atoms with Gasteiger partial charge in [0.2, 0.25) is 0 Å². The summed E-state index contributed by atoms with van der Waals surface area (Å²) >= 11 is 12.7. The number of nitrogens with one attached hydrogen (secondary N) is 1. The van der Waals surface area contributed by atoms with Gasteiger partial charge in [0.1, 0.15) is 5.75 Å². The molecule has 1 amide bonds. The second-order valence-electron chi connectivity index (χ2n) is 5.33. The molecule has 6 heteroatoms. The number of carbonyl (C=O) groups is 1. The monoisotopic (exact) mass is 473 g/mol. The molecule has 0 heterocycles. The van der Waals surface area contributed by atoms with Gasteiger partial charge in [0, 0.05) is 9.50 Å². The summed E-state index contributed by atoms with van der Waals surface area (Å²) in [6, 6.07) is 11.1. The highest BCUT2D eigenvalue weighted by molar-refractivity contribution is 9.11. The minimum atomic E-state index is -0.223. The molecule has 0 saturated heterocycles. The third-order valence-electron chi connectivity index (χ3n) is 3.38. The summed E-state index contributed by atoms with van der Waals surface area (Å²) in [4.78, 5) is 12.1. The normalized spacial score (nSPS) is 10.5. The Hall–Kier alpha value is -1.04. The first kappa shape index (κ1) is 19.3. The van der Waals surface area contributed by atoms with Crippen molar-refractivity contribution in [3.63, 3.8) is 0 Å². The highest BCUT2D eigenvalue weighted by atomic mass is 79.9. The Bertz CT molecular complexity index is 722.